The van der Waals surface area contributed by atoms with Gasteiger partial charge in [0.2, 0.25) is 5.88 Å². The van der Waals surface area contributed by atoms with E-state index in [1.807, 2.05) is 6.92 Å². The molecule has 15 heavy (non-hydrogen) atoms. The second-order valence-electron chi connectivity index (χ2n) is 3.39. The molecule has 0 saturated carbocycles. The summed E-state index contributed by atoms with van der Waals surface area (Å²) < 4.78 is 5.47. The van der Waals surface area contributed by atoms with Gasteiger partial charge in [-0.2, -0.15) is 0 Å². The molecule has 0 amide bonds. The van der Waals surface area contributed by atoms with Crippen LogP contribution in [0.4, 0.5) is 0 Å². The zero-order valence-electron chi connectivity index (χ0n) is 9.09. The van der Waals surface area contributed by atoms with Crippen LogP contribution >= 0.6 is 11.6 Å². The van der Waals surface area contributed by atoms with Crippen LogP contribution in [0.25, 0.3) is 0 Å². The Kier molecular flexibility index (Phi) is 4.85. The SMILES string of the molecule is CCCCOc1nc(C)cc(Cl)c1CO. The number of aliphatic hydroxyl groups excluding tert-OH is 1. The van der Waals surface area contributed by atoms with E-state index in [1.54, 1.807) is 6.07 Å². The zero-order chi connectivity index (χ0) is 11.3. The predicted molar refractivity (Wildman–Crippen MR) is 60.3 cm³/mol. The molecule has 3 nitrogen and oxygen atoms in total. The molecular weight excluding hydrogens is 214 g/mol. The van der Waals surface area contributed by atoms with Gasteiger partial charge in [0, 0.05) is 5.69 Å². The number of ether oxygens (including phenoxy) is 1. The molecule has 0 saturated heterocycles. The largest absolute Gasteiger partial charge is 0.477 e. The molecule has 0 unspecified atom stereocenters. The number of unbranched alkanes of at least 4 members (excludes halogenated alkanes) is 1. The Morgan fingerprint density at radius 1 is 1.53 bits per heavy atom. The summed E-state index contributed by atoms with van der Waals surface area (Å²) in [4.78, 5) is 4.21. The summed E-state index contributed by atoms with van der Waals surface area (Å²) in [5.41, 5.74) is 1.36. The third-order valence-electron chi connectivity index (χ3n) is 2.05. The average molecular weight is 230 g/mol. The number of aliphatic hydroxyl groups is 1. The van der Waals surface area contributed by atoms with Gasteiger partial charge in [0.1, 0.15) is 0 Å². The first kappa shape index (κ1) is 12.3. The highest BCUT2D eigenvalue weighted by atomic mass is 35.5. The molecule has 1 N–H and O–H groups in total. The molecule has 0 spiro atoms. The van der Waals surface area contributed by atoms with E-state index in [9.17, 15) is 0 Å². The molecule has 0 aliphatic heterocycles. The monoisotopic (exact) mass is 229 g/mol. The Hall–Kier alpha value is -0.800. The van der Waals surface area contributed by atoms with Crippen LogP contribution in [0.3, 0.4) is 0 Å². The number of aromatic nitrogens is 1. The first-order valence-corrected chi connectivity index (χ1v) is 5.46. The quantitative estimate of drug-likeness (QED) is 0.790. The van der Waals surface area contributed by atoms with Gasteiger partial charge in [-0.15, -0.1) is 0 Å². The summed E-state index contributed by atoms with van der Waals surface area (Å²) in [5.74, 6) is 0.455. The predicted octanol–water partition coefficient (Wildman–Crippen LogP) is 2.71. The highest BCUT2D eigenvalue weighted by molar-refractivity contribution is 6.31. The molecule has 0 fully saturated rings. The lowest BCUT2D eigenvalue weighted by molar-refractivity contribution is 0.255. The topological polar surface area (TPSA) is 42.4 Å². The number of aryl methyl sites for hydroxylation is 1. The first-order valence-electron chi connectivity index (χ1n) is 5.08. The minimum absolute atomic E-state index is 0.145. The van der Waals surface area contributed by atoms with Gasteiger partial charge in [0.05, 0.1) is 23.8 Å². The van der Waals surface area contributed by atoms with Crippen molar-refractivity contribution in [2.75, 3.05) is 6.61 Å². The van der Waals surface area contributed by atoms with E-state index in [0.717, 1.165) is 18.5 Å². The van der Waals surface area contributed by atoms with Gasteiger partial charge in [0.25, 0.3) is 0 Å². The summed E-state index contributed by atoms with van der Waals surface area (Å²) in [6.07, 6.45) is 2.03. The molecule has 1 aromatic heterocycles. The number of hydrogen-bond donors (Lipinski definition) is 1. The van der Waals surface area contributed by atoms with Crippen molar-refractivity contribution >= 4 is 11.6 Å². The van der Waals surface area contributed by atoms with Gasteiger partial charge in [-0.05, 0) is 19.4 Å². The standard InChI is InChI=1S/C11H16ClNO2/c1-3-4-5-15-11-9(7-14)10(12)6-8(2)13-11/h6,14H,3-5,7H2,1-2H3. The highest BCUT2D eigenvalue weighted by Crippen LogP contribution is 2.25. The van der Waals surface area contributed by atoms with Crippen LogP contribution < -0.4 is 4.74 Å². The van der Waals surface area contributed by atoms with Crippen LogP contribution in [0, 0.1) is 6.92 Å². The first-order chi connectivity index (χ1) is 7.19. The van der Waals surface area contributed by atoms with Gasteiger partial charge in [0.15, 0.2) is 0 Å². The van der Waals surface area contributed by atoms with E-state index in [0.29, 0.717) is 23.1 Å². The summed E-state index contributed by atoms with van der Waals surface area (Å²) in [7, 11) is 0. The Labute approximate surface area is 95.1 Å². The number of rotatable bonds is 5. The van der Waals surface area contributed by atoms with Crippen molar-refractivity contribution in [3.05, 3.63) is 22.3 Å². The van der Waals surface area contributed by atoms with Crippen molar-refractivity contribution in [1.82, 2.24) is 4.98 Å². The molecule has 4 heteroatoms. The van der Waals surface area contributed by atoms with Crippen LogP contribution in [-0.2, 0) is 6.61 Å². The van der Waals surface area contributed by atoms with Gasteiger partial charge >= 0.3 is 0 Å². The van der Waals surface area contributed by atoms with Crippen molar-refractivity contribution in [3.63, 3.8) is 0 Å². The van der Waals surface area contributed by atoms with Crippen molar-refractivity contribution < 1.29 is 9.84 Å². The average Bonchev–Trinajstić information content (AvgIpc) is 2.17. The van der Waals surface area contributed by atoms with E-state index in [4.69, 9.17) is 21.4 Å². The van der Waals surface area contributed by atoms with Crippen LogP contribution in [0.1, 0.15) is 31.0 Å². The number of hydrogen-bond acceptors (Lipinski definition) is 3. The van der Waals surface area contributed by atoms with Crippen LogP contribution in [0.5, 0.6) is 5.88 Å². The number of pyridine rings is 1. The minimum Gasteiger partial charge on any atom is -0.477 e. The van der Waals surface area contributed by atoms with E-state index >= 15 is 0 Å². The Morgan fingerprint density at radius 3 is 2.87 bits per heavy atom. The van der Waals surface area contributed by atoms with Crippen LogP contribution in [-0.4, -0.2) is 16.7 Å². The molecule has 1 rings (SSSR count). The summed E-state index contributed by atoms with van der Waals surface area (Å²) >= 11 is 5.97. The molecule has 0 radical (unpaired) electrons. The lowest BCUT2D eigenvalue weighted by atomic mass is 10.2. The summed E-state index contributed by atoms with van der Waals surface area (Å²) in [6.45, 7) is 4.40. The molecule has 0 aliphatic carbocycles. The lowest BCUT2D eigenvalue weighted by Gasteiger charge is -2.10. The summed E-state index contributed by atoms with van der Waals surface area (Å²) in [6, 6.07) is 1.72. The Morgan fingerprint density at radius 2 is 2.27 bits per heavy atom. The second kappa shape index (κ2) is 5.93. The maximum Gasteiger partial charge on any atom is 0.220 e. The Balaban J connectivity index is 2.84. The molecule has 0 aliphatic rings. The number of halogens is 1. The van der Waals surface area contributed by atoms with E-state index in [2.05, 4.69) is 11.9 Å². The van der Waals surface area contributed by atoms with Gasteiger partial charge < -0.3 is 9.84 Å². The van der Waals surface area contributed by atoms with Gasteiger partial charge in [-0.25, -0.2) is 4.98 Å². The fourth-order valence-corrected chi connectivity index (χ4v) is 1.51. The van der Waals surface area contributed by atoms with Gasteiger partial charge in [-0.3, -0.25) is 0 Å². The van der Waals surface area contributed by atoms with Crippen molar-refractivity contribution in [3.8, 4) is 5.88 Å². The van der Waals surface area contributed by atoms with Crippen molar-refractivity contribution in [2.45, 2.75) is 33.3 Å². The molecule has 0 aromatic carbocycles. The number of nitrogens with zero attached hydrogens (tertiary/aromatic N) is 1. The molecule has 84 valence electrons. The molecular formula is C11H16ClNO2. The van der Waals surface area contributed by atoms with Crippen molar-refractivity contribution in [2.24, 2.45) is 0 Å². The molecule has 1 aromatic rings. The minimum atomic E-state index is -0.145. The van der Waals surface area contributed by atoms with E-state index in [-0.39, 0.29) is 6.61 Å². The van der Waals surface area contributed by atoms with E-state index < -0.39 is 0 Å². The van der Waals surface area contributed by atoms with Crippen LogP contribution in [0.2, 0.25) is 5.02 Å². The molecule has 0 atom stereocenters. The van der Waals surface area contributed by atoms with Crippen LogP contribution in [0.15, 0.2) is 6.07 Å². The fraction of sp³-hybridized carbons (Fsp3) is 0.545. The van der Waals surface area contributed by atoms with Gasteiger partial charge in [-0.1, -0.05) is 24.9 Å². The van der Waals surface area contributed by atoms with Crippen molar-refractivity contribution in [1.29, 1.82) is 0 Å². The lowest BCUT2D eigenvalue weighted by Crippen LogP contribution is -2.03. The maximum absolute atomic E-state index is 9.14. The van der Waals surface area contributed by atoms with E-state index in [1.165, 1.54) is 0 Å². The summed E-state index contributed by atoms with van der Waals surface area (Å²) in [5, 5.41) is 9.65. The third kappa shape index (κ3) is 3.36. The molecule has 1 heterocycles. The normalized spacial score (nSPS) is 10.4. The molecule has 0 bridgehead atoms. The Bertz CT molecular complexity index is 329. The third-order valence-corrected chi connectivity index (χ3v) is 2.39. The fourth-order valence-electron chi connectivity index (χ4n) is 1.21. The second-order valence-corrected chi connectivity index (χ2v) is 3.80. The smallest absolute Gasteiger partial charge is 0.220 e. The highest BCUT2D eigenvalue weighted by Gasteiger charge is 2.10. The maximum atomic E-state index is 9.14. The zero-order valence-corrected chi connectivity index (χ0v) is 9.84.